The molecule has 1 heterocycles. The Kier molecular flexibility index (Phi) is 6.03. The third-order valence-electron chi connectivity index (χ3n) is 2.09. The predicted molar refractivity (Wildman–Crippen MR) is 66.1 cm³/mol. The molecule has 1 aromatic rings. The van der Waals surface area contributed by atoms with Gasteiger partial charge in [0.05, 0.1) is 18.1 Å². The van der Waals surface area contributed by atoms with Crippen LogP contribution in [-0.4, -0.2) is 24.2 Å². The molecule has 0 aliphatic carbocycles. The number of hydrogen-bond acceptors (Lipinski definition) is 4. The summed E-state index contributed by atoms with van der Waals surface area (Å²) in [5.74, 6) is 2.07. The second-order valence-electron chi connectivity index (χ2n) is 3.50. The summed E-state index contributed by atoms with van der Waals surface area (Å²) in [5.41, 5.74) is 5.30. The van der Waals surface area contributed by atoms with Gasteiger partial charge in [0, 0.05) is 5.75 Å². The van der Waals surface area contributed by atoms with Crippen molar-refractivity contribution in [3.05, 3.63) is 24.2 Å². The van der Waals surface area contributed by atoms with Crippen LogP contribution in [-0.2, 0) is 10.5 Å². The van der Waals surface area contributed by atoms with E-state index in [4.69, 9.17) is 10.2 Å². The first-order chi connectivity index (χ1) is 7.74. The fourth-order valence-electron chi connectivity index (χ4n) is 1.23. The fraction of sp³-hybridized carbons (Fsp3) is 0.545. The Hall–Kier alpha value is -0.940. The number of carbonyl (C=O) groups excluding carboxylic acids is 1. The Bertz CT molecular complexity index is 301. The van der Waals surface area contributed by atoms with Crippen LogP contribution < -0.4 is 11.1 Å². The van der Waals surface area contributed by atoms with Crippen LogP contribution >= 0.6 is 11.8 Å². The minimum absolute atomic E-state index is 0.250. The molecule has 16 heavy (non-hydrogen) atoms. The van der Waals surface area contributed by atoms with Crippen molar-refractivity contribution in [2.45, 2.75) is 25.1 Å². The standard InChI is InChI=1S/C11H18N2O2S/c1-2-5-13-10(11(12)14)8-16-7-9-4-3-6-15-9/h3-4,6,10,13H,2,5,7-8H2,1H3,(H2,12,14). The quantitative estimate of drug-likeness (QED) is 0.722. The lowest BCUT2D eigenvalue weighted by molar-refractivity contribution is -0.119. The van der Waals surface area contributed by atoms with Crippen LogP contribution in [0.3, 0.4) is 0 Å². The Morgan fingerprint density at radius 1 is 1.69 bits per heavy atom. The van der Waals surface area contributed by atoms with Gasteiger partial charge in [0.25, 0.3) is 0 Å². The second kappa shape index (κ2) is 7.35. The maximum atomic E-state index is 11.1. The van der Waals surface area contributed by atoms with E-state index in [1.165, 1.54) is 0 Å². The smallest absolute Gasteiger partial charge is 0.235 e. The van der Waals surface area contributed by atoms with Crippen molar-refractivity contribution in [1.29, 1.82) is 0 Å². The zero-order chi connectivity index (χ0) is 11.8. The number of rotatable bonds is 8. The molecule has 0 bridgehead atoms. The van der Waals surface area contributed by atoms with Crippen LogP contribution in [0.1, 0.15) is 19.1 Å². The molecular weight excluding hydrogens is 224 g/mol. The van der Waals surface area contributed by atoms with Crippen molar-refractivity contribution in [3.8, 4) is 0 Å². The van der Waals surface area contributed by atoms with Gasteiger partial charge in [-0.2, -0.15) is 11.8 Å². The lowest BCUT2D eigenvalue weighted by Crippen LogP contribution is -2.43. The average Bonchev–Trinajstić information content (AvgIpc) is 2.75. The van der Waals surface area contributed by atoms with E-state index in [0.29, 0.717) is 5.75 Å². The van der Waals surface area contributed by atoms with Gasteiger partial charge in [0.15, 0.2) is 0 Å². The molecule has 3 N–H and O–H groups in total. The number of nitrogens with one attached hydrogen (secondary N) is 1. The molecule has 4 nitrogen and oxygen atoms in total. The summed E-state index contributed by atoms with van der Waals surface area (Å²) in [6, 6.07) is 3.53. The minimum Gasteiger partial charge on any atom is -0.468 e. The van der Waals surface area contributed by atoms with E-state index in [0.717, 1.165) is 24.5 Å². The summed E-state index contributed by atoms with van der Waals surface area (Å²) in [4.78, 5) is 11.1. The topological polar surface area (TPSA) is 68.3 Å². The molecule has 0 saturated heterocycles. The molecule has 0 aromatic carbocycles. The average molecular weight is 242 g/mol. The van der Waals surface area contributed by atoms with Crippen molar-refractivity contribution in [2.24, 2.45) is 5.73 Å². The van der Waals surface area contributed by atoms with Crippen LogP contribution in [0.15, 0.2) is 22.8 Å². The van der Waals surface area contributed by atoms with Crippen molar-refractivity contribution in [2.75, 3.05) is 12.3 Å². The molecule has 1 rings (SSSR count). The van der Waals surface area contributed by atoms with Crippen LogP contribution in [0.2, 0.25) is 0 Å². The van der Waals surface area contributed by atoms with Gasteiger partial charge >= 0.3 is 0 Å². The monoisotopic (exact) mass is 242 g/mol. The van der Waals surface area contributed by atoms with Gasteiger partial charge in [0.1, 0.15) is 5.76 Å². The lowest BCUT2D eigenvalue weighted by atomic mass is 10.3. The number of furan rings is 1. The van der Waals surface area contributed by atoms with E-state index >= 15 is 0 Å². The van der Waals surface area contributed by atoms with Gasteiger partial charge in [0.2, 0.25) is 5.91 Å². The molecule has 1 aromatic heterocycles. The van der Waals surface area contributed by atoms with Crippen molar-refractivity contribution >= 4 is 17.7 Å². The third kappa shape index (κ3) is 4.72. The molecule has 1 unspecified atom stereocenters. The number of nitrogens with two attached hydrogens (primary N) is 1. The maximum absolute atomic E-state index is 11.1. The molecule has 0 aliphatic heterocycles. The Morgan fingerprint density at radius 3 is 3.06 bits per heavy atom. The van der Waals surface area contributed by atoms with Crippen LogP contribution in [0.4, 0.5) is 0 Å². The zero-order valence-corrected chi connectivity index (χ0v) is 10.3. The lowest BCUT2D eigenvalue weighted by Gasteiger charge is -2.13. The number of hydrogen-bond donors (Lipinski definition) is 2. The first kappa shape index (κ1) is 13.1. The fourth-order valence-corrected chi connectivity index (χ4v) is 2.23. The highest BCUT2D eigenvalue weighted by Crippen LogP contribution is 2.13. The van der Waals surface area contributed by atoms with E-state index in [2.05, 4.69) is 12.2 Å². The van der Waals surface area contributed by atoms with Gasteiger partial charge in [-0.15, -0.1) is 0 Å². The normalized spacial score (nSPS) is 12.6. The Balaban J connectivity index is 2.24. The van der Waals surface area contributed by atoms with Crippen molar-refractivity contribution in [3.63, 3.8) is 0 Å². The highest BCUT2D eigenvalue weighted by atomic mass is 32.2. The highest BCUT2D eigenvalue weighted by molar-refractivity contribution is 7.98. The van der Waals surface area contributed by atoms with Crippen LogP contribution in [0, 0.1) is 0 Å². The molecule has 1 atom stereocenters. The van der Waals surface area contributed by atoms with E-state index in [-0.39, 0.29) is 11.9 Å². The SMILES string of the molecule is CCCNC(CSCc1ccco1)C(N)=O. The molecule has 0 saturated carbocycles. The third-order valence-corrected chi connectivity index (χ3v) is 3.15. The van der Waals surface area contributed by atoms with Gasteiger partial charge in [-0.05, 0) is 25.1 Å². The summed E-state index contributed by atoms with van der Waals surface area (Å²) < 4.78 is 5.20. The minimum atomic E-state index is -0.291. The highest BCUT2D eigenvalue weighted by Gasteiger charge is 2.13. The van der Waals surface area contributed by atoms with Crippen molar-refractivity contribution in [1.82, 2.24) is 5.32 Å². The predicted octanol–water partition coefficient (Wildman–Crippen LogP) is 1.37. The number of primary amides is 1. The summed E-state index contributed by atoms with van der Waals surface area (Å²) in [6.07, 6.45) is 2.64. The largest absolute Gasteiger partial charge is 0.468 e. The zero-order valence-electron chi connectivity index (χ0n) is 9.44. The Labute approximate surface area is 100.0 Å². The molecule has 5 heteroatoms. The van der Waals surface area contributed by atoms with Crippen LogP contribution in [0.5, 0.6) is 0 Å². The molecule has 1 amide bonds. The van der Waals surface area contributed by atoms with Crippen LogP contribution in [0.25, 0.3) is 0 Å². The van der Waals surface area contributed by atoms with E-state index in [1.54, 1.807) is 18.0 Å². The van der Waals surface area contributed by atoms with Gasteiger partial charge in [-0.1, -0.05) is 6.92 Å². The molecule has 0 fully saturated rings. The molecule has 0 radical (unpaired) electrons. The van der Waals surface area contributed by atoms with Gasteiger partial charge < -0.3 is 15.5 Å². The van der Waals surface area contributed by atoms with Gasteiger partial charge in [-0.3, -0.25) is 4.79 Å². The first-order valence-electron chi connectivity index (χ1n) is 5.37. The number of thioether (sulfide) groups is 1. The van der Waals surface area contributed by atoms with Crippen molar-refractivity contribution < 1.29 is 9.21 Å². The number of carbonyl (C=O) groups is 1. The molecule has 0 aliphatic rings. The van der Waals surface area contributed by atoms with E-state index < -0.39 is 0 Å². The molecule has 90 valence electrons. The Morgan fingerprint density at radius 2 is 2.50 bits per heavy atom. The first-order valence-corrected chi connectivity index (χ1v) is 6.52. The second-order valence-corrected chi connectivity index (χ2v) is 4.53. The summed E-state index contributed by atoms with van der Waals surface area (Å²) in [7, 11) is 0. The summed E-state index contributed by atoms with van der Waals surface area (Å²) in [5, 5.41) is 3.12. The van der Waals surface area contributed by atoms with E-state index in [9.17, 15) is 4.79 Å². The molecule has 0 spiro atoms. The summed E-state index contributed by atoms with van der Waals surface area (Å²) in [6.45, 7) is 2.87. The molecular formula is C11H18N2O2S. The van der Waals surface area contributed by atoms with Gasteiger partial charge in [-0.25, -0.2) is 0 Å². The summed E-state index contributed by atoms with van der Waals surface area (Å²) >= 11 is 1.64. The van der Waals surface area contributed by atoms with E-state index in [1.807, 2.05) is 12.1 Å². The number of amides is 1. The maximum Gasteiger partial charge on any atom is 0.235 e.